The van der Waals surface area contributed by atoms with Crippen molar-refractivity contribution >= 4 is 28.9 Å². The first-order valence-corrected chi connectivity index (χ1v) is 11.4. The summed E-state index contributed by atoms with van der Waals surface area (Å²) in [4.78, 5) is 39.0. The summed E-state index contributed by atoms with van der Waals surface area (Å²) >= 11 is 0. The molecule has 0 aliphatic carbocycles. The molecule has 1 aliphatic rings. The predicted molar refractivity (Wildman–Crippen MR) is 125 cm³/mol. The van der Waals surface area contributed by atoms with E-state index in [4.69, 9.17) is 0 Å². The van der Waals surface area contributed by atoms with E-state index in [0.717, 1.165) is 12.1 Å². The summed E-state index contributed by atoms with van der Waals surface area (Å²) in [6.45, 7) is 5.58. The van der Waals surface area contributed by atoms with Crippen LogP contribution in [-0.4, -0.2) is 47.8 Å². The number of hydrogen-bond donors (Lipinski definition) is 1. The van der Waals surface area contributed by atoms with Crippen molar-refractivity contribution in [3.05, 3.63) is 63.7 Å². The minimum atomic E-state index is -4.68. The highest BCUT2D eigenvalue weighted by Gasteiger charge is 2.35. The molecule has 1 N–H and O–H groups in total. The lowest BCUT2D eigenvalue weighted by Crippen LogP contribution is -2.38. The highest BCUT2D eigenvalue weighted by molar-refractivity contribution is 5.96. The van der Waals surface area contributed by atoms with E-state index in [0.29, 0.717) is 56.3 Å². The number of anilines is 2. The van der Waals surface area contributed by atoms with Gasteiger partial charge in [-0.15, -0.1) is 0 Å². The molecule has 2 aromatic rings. The Hall–Kier alpha value is -3.63. The number of nitro groups is 1. The van der Waals surface area contributed by atoms with Crippen molar-refractivity contribution in [1.82, 2.24) is 4.90 Å². The molecule has 0 aromatic heterocycles. The lowest BCUT2D eigenvalue weighted by Gasteiger charge is -2.32. The number of nitro benzene ring substituents is 1. The molecule has 0 atom stereocenters. The third-order valence-corrected chi connectivity index (χ3v) is 6.16. The fourth-order valence-electron chi connectivity index (χ4n) is 4.13. The Morgan fingerprint density at radius 1 is 1.09 bits per heavy atom. The highest BCUT2D eigenvalue weighted by atomic mass is 19.4. The van der Waals surface area contributed by atoms with Crippen LogP contribution in [0.3, 0.4) is 0 Å². The molecule has 2 aromatic carbocycles. The summed E-state index contributed by atoms with van der Waals surface area (Å²) < 4.78 is 38.9. The smallest absolute Gasteiger partial charge is 0.366 e. The summed E-state index contributed by atoms with van der Waals surface area (Å²) in [5, 5.41) is 14.2. The Bertz CT molecular complexity index is 1080. The van der Waals surface area contributed by atoms with Gasteiger partial charge >= 0.3 is 6.18 Å². The number of nitrogens with zero attached hydrogens (tertiary/aromatic N) is 3. The van der Waals surface area contributed by atoms with E-state index in [-0.39, 0.29) is 23.4 Å². The topological polar surface area (TPSA) is 95.8 Å². The summed E-state index contributed by atoms with van der Waals surface area (Å²) in [5.74, 6) is -0.649. The second-order valence-electron chi connectivity index (χ2n) is 8.26. The van der Waals surface area contributed by atoms with Crippen LogP contribution in [0.1, 0.15) is 42.6 Å². The predicted octanol–water partition coefficient (Wildman–Crippen LogP) is 4.95. The number of benzene rings is 2. The van der Waals surface area contributed by atoms with E-state index < -0.39 is 22.4 Å². The Kier molecular flexibility index (Phi) is 7.98. The van der Waals surface area contributed by atoms with Crippen molar-refractivity contribution in [1.29, 1.82) is 0 Å². The van der Waals surface area contributed by atoms with Crippen molar-refractivity contribution in [2.45, 2.75) is 32.9 Å². The fraction of sp³-hybridized carbons (Fsp3) is 0.417. The number of amides is 2. The Balaban J connectivity index is 1.62. The first-order chi connectivity index (χ1) is 16.5. The van der Waals surface area contributed by atoms with Gasteiger partial charge in [-0.25, -0.2) is 0 Å². The molecular formula is C24H27F3N4O4. The molecular weight excluding hydrogens is 465 g/mol. The van der Waals surface area contributed by atoms with Crippen LogP contribution < -0.4 is 10.2 Å². The third-order valence-electron chi connectivity index (χ3n) is 6.16. The van der Waals surface area contributed by atoms with Crippen molar-refractivity contribution in [2.24, 2.45) is 5.92 Å². The number of nitrogens with one attached hydrogen (secondary N) is 1. The van der Waals surface area contributed by atoms with Gasteiger partial charge in [0.2, 0.25) is 5.91 Å². The number of piperidine rings is 1. The number of carbonyl (C=O) groups is 2. The molecule has 1 heterocycles. The van der Waals surface area contributed by atoms with Crippen LogP contribution in [0.5, 0.6) is 0 Å². The van der Waals surface area contributed by atoms with E-state index in [2.05, 4.69) is 5.32 Å². The SMILES string of the molecule is CCN(CC)C(=O)c1ccc(NC(=O)C2CCN(c3ccc(C(F)(F)F)cc3[N+](=O)[O-])CC2)cc1. The van der Waals surface area contributed by atoms with E-state index >= 15 is 0 Å². The van der Waals surface area contributed by atoms with Crippen molar-refractivity contribution < 1.29 is 27.7 Å². The van der Waals surface area contributed by atoms with Gasteiger partial charge in [0.1, 0.15) is 5.69 Å². The van der Waals surface area contributed by atoms with Gasteiger partial charge in [-0.2, -0.15) is 13.2 Å². The molecule has 1 saturated heterocycles. The standard InChI is InChI=1S/C24H27F3N4O4/c1-3-29(4-2)23(33)17-5-8-19(9-6-17)28-22(32)16-11-13-30(14-12-16)20-10-7-18(24(25,26)27)15-21(20)31(34)35/h5-10,15-16H,3-4,11-14H2,1-2H3,(H,28,32). The quantitative estimate of drug-likeness (QED) is 0.436. The van der Waals surface area contributed by atoms with Gasteiger partial charge in [-0.3, -0.25) is 19.7 Å². The van der Waals surface area contributed by atoms with Crippen LogP contribution in [-0.2, 0) is 11.0 Å². The molecule has 3 rings (SSSR count). The van der Waals surface area contributed by atoms with Crippen molar-refractivity contribution in [2.75, 3.05) is 36.4 Å². The lowest BCUT2D eigenvalue weighted by atomic mass is 9.95. The summed E-state index contributed by atoms with van der Waals surface area (Å²) in [5.41, 5.74) is -0.505. The van der Waals surface area contributed by atoms with Gasteiger partial charge in [0.05, 0.1) is 10.5 Å². The van der Waals surface area contributed by atoms with Gasteiger partial charge in [0.15, 0.2) is 0 Å². The summed E-state index contributed by atoms with van der Waals surface area (Å²) in [6, 6.07) is 9.12. The number of alkyl halides is 3. The largest absolute Gasteiger partial charge is 0.416 e. The average molecular weight is 492 g/mol. The third kappa shape index (κ3) is 6.09. The molecule has 0 unspecified atom stereocenters. The van der Waals surface area contributed by atoms with Gasteiger partial charge in [-0.05, 0) is 63.1 Å². The fourth-order valence-corrected chi connectivity index (χ4v) is 4.13. The molecule has 188 valence electrons. The molecule has 35 heavy (non-hydrogen) atoms. The first-order valence-electron chi connectivity index (χ1n) is 11.4. The Labute approximate surface area is 200 Å². The van der Waals surface area contributed by atoms with Crippen LogP contribution in [0, 0.1) is 16.0 Å². The lowest BCUT2D eigenvalue weighted by molar-refractivity contribution is -0.384. The van der Waals surface area contributed by atoms with Crippen LogP contribution in [0.4, 0.5) is 30.2 Å². The Morgan fingerprint density at radius 2 is 1.69 bits per heavy atom. The normalized spacial score (nSPS) is 14.5. The van der Waals surface area contributed by atoms with Gasteiger partial charge < -0.3 is 15.1 Å². The highest BCUT2D eigenvalue weighted by Crippen LogP contribution is 2.37. The minimum Gasteiger partial charge on any atom is -0.366 e. The van der Waals surface area contributed by atoms with Crippen LogP contribution in [0.15, 0.2) is 42.5 Å². The summed E-state index contributed by atoms with van der Waals surface area (Å²) in [6.07, 6.45) is -3.89. The molecule has 1 fully saturated rings. The molecule has 11 heteroatoms. The van der Waals surface area contributed by atoms with Gasteiger partial charge in [0, 0.05) is 49.4 Å². The second-order valence-corrected chi connectivity index (χ2v) is 8.26. The van der Waals surface area contributed by atoms with Gasteiger partial charge in [0.25, 0.3) is 11.6 Å². The van der Waals surface area contributed by atoms with E-state index in [1.165, 1.54) is 0 Å². The van der Waals surface area contributed by atoms with Crippen molar-refractivity contribution in [3.8, 4) is 0 Å². The minimum absolute atomic E-state index is 0.0855. The van der Waals surface area contributed by atoms with Crippen molar-refractivity contribution in [3.63, 3.8) is 0 Å². The van der Waals surface area contributed by atoms with E-state index in [1.807, 2.05) is 13.8 Å². The average Bonchev–Trinajstić information content (AvgIpc) is 2.84. The maximum Gasteiger partial charge on any atom is 0.416 e. The molecule has 8 nitrogen and oxygen atoms in total. The van der Waals surface area contributed by atoms with E-state index in [9.17, 15) is 32.9 Å². The Morgan fingerprint density at radius 3 is 2.20 bits per heavy atom. The zero-order chi connectivity index (χ0) is 25.8. The maximum atomic E-state index is 13.0. The van der Waals surface area contributed by atoms with Gasteiger partial charge in [-0.1, -0.05) is 0 Å². The van der Waals surface area contributed by atoms with Crippen LogP contribution in [0.2, 0.25) is 0 Å². The number of rotatable bonds is 7. The molecule has 2 amide bonds. The van der Waals surface area contributed by atoms with E-state index in [1.54, 1.807) is 34.1 Å². The van der Waals surface area contributed by atoms with Crippen LogP contribution >= 0.6 is 0 Å². The summed E-state index contributed by atoms with van der Waals surface area (Å²) in [7, 11) is 0. The molecule has 0 radical (unpaired) electrons. The maximum absolute atomic E-state index is 13.0. The number of halogens is 3. The number of hydrogen-bond acceptors (Lipinski definition) is 5. The zero-order valence-corrected chi connectivity index (χ0v) is 19.5. The zero-order valence-electron chi connectivity index (χ0n) is 19.5. The molecule has 0 bridgehead atoms. The molecule has 1 aliphatic heterocycles. The monoisotopic (exact) mass is 492 g/mol. The second kappa shape index (κ2) is 10.7. The molecule has 0 spiro atoms. The first kappa shape index (κ1) is 26.0. The number of carbonyl (C=O) groups excluding carboxylic acids is 2. The molecule has 0 saturated carbocycles. The van der Waals surface area contributed by atoms with Crippen LogP contribution in [0.25, 0.3) is 0 Å².